The number of hydrogen-bond donors (Lipinski definition) is 1. The summed E-state index contributed by atoms with van der Waals surface area (Å²) in [7, 11) is 5.14. The van der Waals surface area contributed by atoms with Crippen LogP contribution < -0.4 is 5.32 Å². The summed E-state index contributed by atoms with van der Waals surface area (Å²) in [6, 6.07) is 5.03. The first kappa shape index (κ1) is 15.1. The zero-order chi connectivity index (χ0) is 15.2. The van der Waals surface area contributed by atoms with E-state index in [9.17, 15) is 4.79 Å². The van der Waals surface area contributed by atoms with E-state index in [0.717, 1.165) is 11.5 Å². The molecule has 0 spiro atoms. The molecule has 7 heteroatoms. The molecule has 0 bridgehead atoms. The van der Waals surface area contributed by atoms with E-state index >= 15 is 0 Å². The number of hydrogen-bond acceptors (Lipinski definition) is 4. The normalized spacial score (nSPS) is 12.1. The molecule has 2 aromatic rings. The molecule has 0 saturated heterocycles. The lowest BCUT2D eigenvalue weighted by Gasteiger charge is -2.22. The Kier molecular flexibility index (Phi) is 4.99. The SMILES string of the molecule is COCC(NC(=O)N(C)Cc1ccco1)c1ccnn1C. The number of carbonyl (C=O) groups excluding carboxylic acids is 1. The number of methoxy groups -OCH3 is 1. The number of aromatic nitrogens is 2. The van der Waals surface area contributed by atoms with Crippen molar-refractivity contribution < 1.29 is 13.9 Å². The molecule has 0 aliphatic rings. The van der Waals surface area contributed by atoms with Gasteiger partial charge >= 0.3 is 6.03 Å². The van der Waals surface area contributed by atoms with Crippen molar-refractivity contribution in [3.8, 4) is 0 Å². The van der Waals surface area contributed by atoms with Gasteiger partial charge in [-0.2, -0.15) is 5.10 Å². The smallest absolute Gasteiger partial charge is 0.318 e. The number of carbonyl (C=O) groups is 1. The fourth-order valence-corrected chi connectivity index (χ4v) is 2.06. The topological polar surface area (TPSA) is 72.5 Å². The molecule has 0 aliphatic carbocycles. The quantitative estimate of drug-likeness (QED) is 0.876. The number of rotatable bonds is 6. The molecule has 2 rings (SSSR count). The first-order chi connectivity index (χ1) is 10.1. The van der Waals surface area contributed by atoms with E-state index in [4.69, 9.17) is 9.15 Å². The van der Waals surface area contributed by atoms with Gasteiger partial charge in [-0.3, -0.25) is 4.68 Å². The molecule has 114 valence electrons. The van der Waals surface area contributed by atoms with E-state index in [1.807, 2.05) is 19.2 Å². The second-order valence-electron chi connectivity index (χ2n) is 4.77. The lowest BCUT2D eigenvalue weighted by Crippen LogP contribution is -2.40. The minimum absolute atomic E-state index is 0.199. The Morgan fingerprint density at radius 3 is 2.95 bits per heavy atom. The Bertz CT molecular complexity index is 565. The molecule has 0 fully saturated rings. The van der Waals surface area contributed by atoms with Crippen LogP contribution in [0.2, 0.25) is 0 Å². The maximum Gasteiger partial charge on any atom is 0.318 e. The van der Waals surface area contributed by atoms with Crippen molar-refractivity contribution >= 4 is 6.03 Å². The number of nitrogens with zero attached hydrogens (tertiary/aromatic N) is 3. The Morgan fingerprint density at radius 2 is 2.38 bits per heavy atom. The van der Waals surface area contributed by atoms with Gasteiger partial charge in [0.05, 0.1) is 31.2 Å². The average Bonchev–Trinajstić information content (AvgIpc) is 3.09. The predicted molar refractivity (Wildman–Crippen MR) is 76.5 cm³/mol. The number of aryl methyl sites for hydroxylation is 1. The second-order valence-corrected chi connectivity index (χ2v) is 4.77. The Morgan fingerprint density at radius 1 is 1.57 bits per heavy atom. The summed E-state index contributed by atoms with van der Waals surface area (Å²) in [5.74, 6) is 0.733. The average molecular weight is 292 g/mol. The molecular formula is C14H20N4O3. The first-order valence-corrected chi connectivity index (χ1v) is 6.62. The van der Waals surface area contributed by atoms with E-state index in [2.05, 4.69) is 10.4 Å². The van der Waals surface area contributed by atoms with E-state index < -0.39 is 0 Å². The highest BCUT2D eigenvalue weighted by Crippen LogP contribution is 2.13. The van der Waals surface area contributed by atoms with Gasteiger partial charge in [-0.05, 0) is 18.2 Å². The zero-order valence-electron chi connectivity index (χ0n) is 12.4. The Labute approximate surface area is 123 Å². The summed E-state index contributed by atoms with van der Waals surface area (Å²) in [6.07, 6.45) is 3.28. The third-order valence-corrected chi connectivity index (χ3v) is 3.17. The van der Waals surface area contributed by atoms with Crippen molar-refractivity contribution in [2.75, 3.05) is 20.8 Å². The maximum absolute atomic E-state index is 12.2. The molecular weight excluding hydrogens is 272 g/mol. The molecule has 1 N–H and O–H groups in total. The summed E-state index contributed by atoms with van der Waals surface area (Å²) in [6.45, 7) is 0.782. The molecule has 7 nitrogen and oxygen atoms in total. The number of furan rings is 1. The highest BCUT2D eigenvalue weighted by atomic mass is 16.5. The van der Waals surface area contributed by atoms with E-state index in [-0.39, 0.29) is 12.1 Å². The summed E-state index contributed by atoms with van der Waals surface area (Å²) in [4.78, 5) is 13.8. The van der Waals surface area contributed by atoms with Crippen LogP contribution >= 0.6 is 0 Å². The molecule has 2 aromatic heterocycles. The summed E-state index contributed by atoms with van der Waals surface area (Å²) < 4.78 is 12.1. The van der Waals surface area contributed by atoms with Gasteiger partial charge < -0.3 is 19.4 Å². The first-order valence-electron chi connectivity index (χ1n) is 6.62. The molecule has 1 atom stereocenters. The second kappa shape index (κ2) is 6.94. The third kappa shape index (κ3) is 3.85. The van der Waals surface area contributed by atoms with Crippen molar-refractivity contribution in [2.24, 2.45) is 7.05 Å². The molecule has 0 aromatic carbocycles. The number of amides is 2. The molecule has 0 saturated carbocycles. The van der Waals surface area contributed by atoms with E-state index in [1.54, 1.807) is 42.3 Å². The molecule has 2 heterocycles. The van der Waals surface area contributed by atoms with Crippen molar-refractivity contribution in [3.63, 3.8) is 0 Å². The van der Waals surface area contributed by atoms with Crippen LogP contribution in [0.4, 0.5) is 4.79 Å². The highest BCUT2D eigenvalue weighted by molar-refractivity contribution is 5.74. The Balaban J connectivity index is 1.99. The zero-order valence-corrected chi connectivity index (χ0v) is 12.4. The van der Waals surface area contributed by atoms with Crippen molar-refractivity contribution in [3.05, 3.63) is 42.1 Å². The Hall–Kier alpha value is -2.28. The summed E-state index contributed by atoms with van der Waals surface area (Å²) in [5, 5.41) is 7.05. The van der Waals surface area contributed by atoms with Crippen LogP contribution in [0.5, 0.6) is 0 Å². The van der Waals surface area contributed by atoms with Gasteiger partial charge in [0.2, 0.25) is 0 Å². The van der Waals surface area contributed by atoms with Gasteiger partial charge in [-0.15, -0.1) is 0 Å². The van der Waals surface area contributed by atoms with E-state index in [1.165, 1.54) is 0 Å². The third-order valence-electron chi connectivity index (χ3n) is 3.17. The van der Waals surface area contributed by atoms with Crippen LogP contribution in [0.3, 0.4) is 0 Å². The molecule has 21 heavy (non-hydrogen) atoms. The number of ether oxygens (including phenoxy) is 1. The van der Waals surface area contributed by atoms with Crippen LogP contribution in [0.25, 0.3) is 0 Å². The lowest BCUT2D eigenvalue weighted by atomic mass is 10.2. The maximum atomic E-state index is 12.2. The standard InChI is InChI=1S/C14H20N4O3/c1-17(9-11-5-4-8-21-11)14(19)16-12(10-20-3)13-6-7-15-18(13)2/h4-8,12H,9-10H2,1-3H3,(H,16,19). The van der Waals surface area contributed by atoms with Crippen LogP contribution in [-0.4, -0.2) is 41.5 Å². The van der Waals surface area contributed by atoms with Crippen LogP contribution in [-0.2, 0) is 18.3 Å². The summed E-state index contributed by atoms with van der Waals surface area (Å²) >= 11 is 0. The fraction of sp³-hybridized carbons (Fsp3) is 0.429. The molecule has 1 unspecified atom stereocenters. The summed E-state index contributed by atoms with van der Waals surface area (Å²) in [5.41, 5.74) is 0.886. The van der Waals surface area contributed by atoms with Crippen molar-refractivity contribution in [1.29, 1.82) is 0 Å². The van der Waals surface area contributed by atoms with Gasteiger partial charge in [0.1, 0.15) is 5.76 Å². The highest BCUT2D eigenvalue weighted by Gasteiger charge is 2.20. The minimum Gasteiger partial charge on any atom is -0.467 e. The van der Waals surface area contributed by atoms with Gasteiger partial charge in [0.25, 0.3) is 0 Å². The predicted octanol–water partition coefficient (Wildman–Crippen LogP) is 1.54. The molecule has 0 aliphatic heterocycles. The van der Waals surface area contributed by atoms with Gasteiger partial charge in [0, 0.05) is 27.4 Å². The van der Waals surface area contributed by atoms with Crippen LogP contribution in [0, 0.1) is 0 Å². The van der Waals surface area contributed by atoms with Gasteiger partial charge in [-0.1, -0.05) is 0 Å². The number of nitrogens with one attached hydrogen (secondary N) is 1. The molecule has 2 amide bonds. The van der Waals surface area contributed by atoms with Crippen molar-refractivity contribution in [1.82, 2.24) is 20.0 Å². The van der Waals surface area contributed by atoms with Crippen LogP contribution in [0.15, 0.2) is 35.1 Å². The molecule has 0 radical (unpaired) electrons. The van der Waals surface area contributed by atoms with Gasteiger partial charge in [0.15, 0.2) is 0 Å². The lowest BCUT2D eigenvalue weighted by molar-refractivity contribution is 0.154. The van der Waals surface area contributed by atoms with E-state index in [0.29, 0.717) is 13.2 Å². The van der Waals surface area contributed by atoms with Crippen LogP contribution in [0.1, 0.15) is 17.5 Å². The fourth-order valence-electron chi connectivity index (χ4n) is 2.06. The largest absolute Gasteiger partial charge is 0.467 e. The minimum atomic E-state index is -0.256. The van der Waals surface area contributed by atoms with Crippen molar-refractivity contribution in [2.45, 2.75) is 12.6 Å². The van der Waals surface area contributed by atoms with Gasteiger partial charge in [-0.25, -0.2) is 4.79 Å². The monoisotopic (exact) mass is 292 g/mol. The number of urea groups is 1.